The molecule has 0 aliphatic rings. The van der Waals surface area contributed by atoms with Crippen molar-refractivity contribution in [3.63, 3.8) is 0 Å². The maximum atomic E-state index is 13.1. The SMILES string of the molecule is CC(C)CNC(=O)c1ccc(Oc2ccnc(-c3ccc(F)cc3)n2)cc1. The number of nitrogens with one attached hydrogen (secondary N) is 1. The fraction of sp³-hybridized carbons (Fsp3) is 0.190. The molecule has 3 rings (SSSR count). The van der Waals surface area contributed by atoms with Gasteiger partial charge in [-0.15, -0.1) is 0 Å². The number of aromatic nitrogens is 2. The summed E-state index contributed by atoms with van der Waals surface area (Å²) in [5.74, 6) is 1.32. The molecule has 0 atom stereocenters. The van der Waals surface area contributed by atoms with Crippen LogP contribution < -0.4 is 10.1 Å². The highest BCUT2D eigenvalue weighted by Crippen LogP contribution is 2.22. The van der Waals surface area contributed by atoms with Crippen LogP contribution in [0.15, 0.2) is 60.8 Å². The van der Waals surface area contributed by atoms with Crippen molar-refractivity contribution >= 4 is 5.91 Å². The van der Waals surface area contributed by atoms with Crippen LogP contribution in [0, 0.1) is 11.7 Å². The van der Waals surface area contributed by atoms with Gasteiger partial charge in [-0.3, -0.25) is 4.79 Å². The average Bonchev–Trinajstić information content (AvgIpc) is 2.67. The number of nitrogens with zero attached hydrogens (tertiary/aromatic N) is 2. The van der Waals surface area contributed by atoms with E-state index in [9.17, 15) is 9.18 Å². The maximum absolute atomic E-state index is 13.1. The van der Waals surface area contributed by atoms with Gasteiger partial charge < -0.3 is 10.1 Å². The highest BCUT2D eigenvalue weighted by molar-refractivity contribution is 5.94. The van der Waals surface area contributed by atoms with Crippen LogP contribution in [0.3, 0.4) is 0 Å². The Balaban J connectivity index is 1.69. The molecule has 138 valence electrons. The molecule has 2 aromatic carbocycles. The van der Waals surface area contributed by atoms with E-state index >= 15 is 0 Å². The molecule has 1 amide bonds. The summed E-state index contributed by atoms with van der Waals surface area (Å²) in [5.41, 5.74) is 1.26. The molecule has 5 nitrogen and oxygen atoms in total. The van der Waals surface area contributed by atoms with E-state index in [2.05, 4.69) is 15.3 Å². The summed E-state index contributed by atoms with van der Waals surface area (Å²) in [6.45, 7) is 4.71. The summed E-state index contributed by atoms with van der Waals surface area (Å²) in [6.07, 6.45) is 1.58. The fourth-order valence-corrected chi connectivity index (χ4v) is 2.33. The van der Waals surface area contributed by atoms with Crippen molar-refractivity contribution in [3.05, 3.63) is 72.2 Å². The largest absolute Gasteiger partial charge is 0.439 e. The summed E-state index contributed by atoms with van der Waals surface area (Å²) in [4.78, 5) is 20.6. The third kappa shape index (κ3) is 5.10. The number of halogens is 1. The molecule has 1 aromatic heterocycles. The molecule has 0 radical (unpaired) electrons. The predicted molar refractivity (Wildman–Crippen MR) is 101 cm³/mol. The van der Waals surface area contributed by atoms with Gasteiger partial charge in [0, 0.05) is 29.9 Å². The molecular weight excluding hydrogens is 345 g/mol. The minimum atomic E-state index is -0.316. The van der Waals surface area contributed by atoms with Crippen molar-refractivity contribution in [1.82, 2.24) is 15.3 Å². The van der Waals surface area contributed by atoms with Gasteiger partial charge in [0.05, 0.1) is 0 Å². The summed E-state index contributed by atoms with van der Waals surface area (Å²) >= 11 is 0. The molecule has 0 saturated carbocycles. The summed E-state index contributed by atoms with van der Waals surface area (Å²) in [6, 6.07) is 14.4. The smallest absolute Gasteiger partial charge is 0.251 e. The Morgan fingerprint density at radius 2 is 1.78 bits per heavy atom. The van der Waals surface area contributed by atoms with E-state index in [1.807, 2.05) is 13.8 Å². The Bertz CT molecular complexity index is 909. The molecule has 1 N–H and O–H groups in total. The summed E-state index contributed by atoms with van der Waals surface area (Å²) in [7, 11) is 0. The molecule has 0 bridgehead atoms. The van der Waals surface area contributed by atoms with Crippen LogP contribution in [0.5, 0.6) is 11.6 Å². The number of carbonyl (C=O) groups excluding carboxylic acids is 1. The number of carbonyl (C=O) groups is 1. The summed E-state index contributed by atoms with van der Waals surface area (Å²) < 4.78 is 18.8. The molecule has 0 aliphatic carbocycles. The first-order valence-electron chi connectivity index (χ1n) is 8.66. The van der Waals surface area contributed by atoms with Gasteiger partial charge in [-0.25, -0.2) is 9.37 Å². The number of benzene rings is 2. The van der Waals surface area contributed by atoms with Crippen LogP contribution in [0.2, 0.25) is 0 Å². The van der Waals surface area contributed by atoms with Crippen molar-refractivity contribution in [2.24, 2.45) is 5.92 Å². The second kappa shape index (κ2) is 8.40. The van der Waals surface area contributed by atoms with Gasteiger partial charge in [-0.05, 0) is 54.4 Å². The lowest BCUT2D eigenvalue weighted by Gasteiger charge is -2.09. The zero-order valence-electron chi connectivity index (χ0n) is 15.1. The van der Waals surface area contributed by atoms with Crippen LogP contribution in [0.25, 0.3) is 11.4 Å². The Morgan fingerprint density at radius 3 is 2.44 bits per heavy atom. The second-order valence-corrected chi connectivity index (χ2v) is 6.46. The van der Waals surface area contributed by atoms with Gasteiger partial charge >= 0.3 is 0 Å². The molecule has 6 heteroatoms. The van der Waals surface area contributed by atoms with E-state index in [1.54, 1.807) is 48.7 Å². The molecule has 3 aromatic rings. The Hall–Kier alpha value is -3.28. The number of hydrogen-bond acceptors (Lipinski definition) is 4. The van der Waals surface area contributed by atoms with Gasteiger partial charge in [0.15, 0.2) is 5.82 Å². The first kappa shape index (κ1) is 18.5. The predicted octanol–water partition coefficient (Wildman–Crippen LogP) is 4.46. The normalized spacial score (nSPS) is 10.7. The van der Waals surface area contributed by atoms with E-state index in [-0.39, 0.29) is 11.7 Å². The van der Waals surface area contributed by atoms with E-state index in [0.717, 1.165) is 0 Å². The number of rotatable bonds is 6. The first-order chi connectivity index (χ1) is 13.0. The lowest BCUT2D eigenvalue weighted by molar-refractivity contribution is 0.0949. The Morgan fingerprint density at radius 1 is 1.07 bits per heavy atom. The minimum Gasteiger partial charge on any atom is -0.439 e. The van der Waals surface area contributed by atoms with E-state index in [1.165, 1.54) is 12.1 Å². The van der Waals surface area contributed by atoms with Gasteiger partial charge in [-0.2, -0.15) is 4.98 Å². The standard InChI is InChI=1S/C21H20FN3O2/c1-14(2)13-24-21(26)16-5-9-18(10-6-16)27-19-11-12-23-20(25-19)15-3-7-17(22)8-4-15/h3-12,14H,13H2,1-2H3,(H,24,26). The number of amides is 1. The van der Waals surface area contributed by atoms with Crippen LogP contribution in [-0.2, 0) is 0 Å². The molecule has 0 unspecified atom stereocenters. The first-order valence-corrected chi connectivity index (χ1v) is 8.66. The molecular formula is C21H20FN3O2. The highest BCUT2D eigenvalue weighted by Gasteiger charge is 2.08. The molecule has 0 spiro atoms. The molecule has 0 fully saturated rings. The van der Waals surface area contributed by atoms with Gasteiger partial charge in [-0.1, -0.05) is 13.8 Å². The van der Waals surface area contributed by atoms with Crippen molar-refractivity contribution in [2.45, 2.75) is 13.8 Å². The van der Waals surface area contributed by atoms with Gasteiger partial charge in [0.25, 0.3) is 5.91 Å². The second-order valence-electron chi connectivity index (χ2n) is 6.46. The Kier molecular flexibility index (Phi) is 5.76. The third-order valence-electron chi connectivity index (χ3n) is 3.74. The van der Waals surface area contributed by atoms with Crippen LogP contribution in [0.4, 0.5) is 4.39 Å². The molecule has 0 saturated heterocycles. The average molecular weight is 365 g/mol. The van der Waals surface area contributed by atoms with Crippen LogP contribution in [0.1, 0.15) is 24.2 Å². The van der Waals surface area contributed by atoms with Crippen molar-refractivity contribution in [1.29, 1.82) is 0 Å². The quantitative estimate of drug-likeness (QED) is 0.700. The topological polar surface area (TPSA) is 64.1 Å². The Labute approximate surface area is 157 Å². The molecule has 1 heterocycles. The van der Waals surface area contributed by atoms with Crippen molar-refractivity contribution in [2.75, 3.05) is 6.54 Å². The lowest BCUT2D eigenvalue weighted by Crippen LogP contribution is -2.27. The van der Waals surface area contributed by atoms with Crippen LogP contribution in [-0.4, -0.2) is 22.4 Å². The summed E-state index contributed by atoms with van der Waals surface area (Å²) in [5, 5.41) is 2.87. The van der Waals surface area contributed by atoms with E-state index in [4.69, 9.17) is 4.74 Å². The number of hydrogen-bond donors (Lipinski definition) is 1. The monoisotopic (exact) mass is 365 g/mol. The zero-order valence-corrected chi connectivity index (χ0v) is 15.1. The third-order valence-corrected chi connectivity index (χ3v) is 3.74. The molecule has 0 aliphatic heterocycles. The lowest BCUT2D eigenvalue weighted by atomic mass is 10.2. The van der Waals surface area contributed by atoms with E-state index < -0.39 is 0 Å². The number of ether oxygens (including phenoxy) is 1. The fourth-order valence-electron chi connectivity index (χ4n) is 2.33. The maximum Gasteiger partial charge on any atom is 0.251 e. The van der Waals surface area contributed by atoms with Crippen molar-refractivity contribution < 1.29 is 13.9 Å². The van der Waals surface area contributed by atoms with Gasteiger partial charge in [0.2, 0.25) is 5.88 Å². The molecule has 27 heavy (non-hydrogen) atoms. The van der Waals surface area contributed by atoms with Crippen molar-refractivity contribution in [3.8, 4) is 23.0 Å². The minimum absolute atomic E-state index is 0.115. The van der Waals surface area contributed by atoms with Crippen LogP contribution >= 0.6 is 0 Å². The van der Waals surface area contributed by atoms with Gasteiger partial charge in [0.1, 0.15) is 11.6 Å². The van der Waals surface area contributed by atoms with E-state index in [0.29, 0.717) is 41.0 Å². The highest BCUT2D eigenvalue weighted by atomic mass is 19.1. The zero-order chi connectivity index (χ0) is 19.2.